The Kier molecular flexibility index (Phi) is 18.3. The van der Waals surface area contributed by atoms with Crippen molar-refractivity contribution in [1.29, 1.82) is 0 Å². The first-order valence-electron chi connectivity index (χ1n) is 32.3. The first kappa shape index (κ1) is 66.0. The van der Waals surface area contributed by atoms with E-state index in [4.69, 9.17) is 15.1 Å². The van der Waals surface area contributed by atoms with E-state index in [1.807, 2.05) is 36.4 Å². The van der Waals surface area contributed by atoms with Crippen molar-refractivity contribution in [2.24, 2.45) is 0 Å². The van der Waals surface area contributed by atoms with Gasteiger partial charge in [0.1, 0.15) is 0 Å². The van der Waals surface area contributed by atoms with E-state index in [1.54, 1.807) is 0 Å². The zero-order chi connectivity index (χ0) is 65.7. The van der Waals surface area contributed by atoms with E-state index in [0.29, 0.717) is 0 Å². The Labute approximate surface area is 568 Å². The molecule has 0 amide bonds. The fourth-order valence-electron chi connectivity index (χ4n) is 12.6. The van der Waals surface area contributed by atoms with Gasteiger partial charge in [-0.1, -0.05) is 180 Å². The SMILES string of the molecule is CC(=O)/C=C(/C)O.CC(C)(C)c1ccc2c(c1)c1cc(C(C)(C)C)ccc1n2-c1ccc(-c2cc(-c3[c-]cccc3)nc3ccccc23)cc1.CC(C)(C)c1ccc2c(c1)c1cc(C(C)(C)C)ccc1n2-c1ccc(-c2cc(-c3[c-]cccc3)nc3ccccc23)cc1.[Ir]. The number of carbonyl (C=O) groups excluding carboxylic acids is 1. The van der Waals surface area contributed by atoms with Crippen molar-refractivity contribution in [2.75, 3.05) is 0 Å². The molecule has 1 N–H and O–H groups in total. The van der Waals surface area contributed by atoms with E-state index < -0.39 is 0 Å². The summed E-state index contributed by atoms with van der Waals surface area (Å²) in [7, 11) is 0. The molecule has 94 heavy (non-hydrogen) atoms. The average molecular weight is 1410 g/mol. The predicted octanol–water partition coefficient (Wildman–Crippen LogP) is 23.2. The van der Waals surface area contributed by atoms with Crippen LogP contribution in [0.2, 0.25) is 0 Å². The third kappa shape index (κ3) is 13.6. The van der Waals surface area contributed by atoms with Crippen LogP contribution >= 0.6 is 0 Å². The molecule has 14 rings (SSSR count). The molecule has 0 spiro atoms. The maximum absolute atomic E-state index is 10.0. The van der Waals surface area contributed by atoms with Crippen molar-refractivity contribution in [1.82, 2.24) is 19.1 Å². The van der Waals surface area contributed by atoms with Crippen LogP contribution in [-0.2, 0) is 46.6 Å². The number of fused-ring (bicyclic) bond motifs is 8. The van der Waals surface area contributed by atoms with Crippen LogP contribution in [0.3, 0.4) is 0 Å². The first-order valence-corrected chi connectivity index (χ1v) is 32.3. The van der Waals surface area contributed by atoms with E-state index in [9.17, 15) is 4.79 Å². The van der Waals surface area contributed by atoms with Crippen LogP contribution in [0, 0.1) is 12.1 Å². The summed E-state index contributed by atoms with van der Waals surface area (Å²) in [6.45, 7) is 30.3. The number of hydrogen-bond donors (Lipinski definition) is 1. The number of carbonyl (C=O) groups is 1. The summed E-state index contributed by atoms with van der Waals surface area (Å²) in [5, 5.41) is 15.9. The predicted molar refractivity (Wildman–Crippen MR) is 393 cm³/mol. The van der Waals surface area contributed by atoms with Crippen LogP contribution in [0.4, 0.5) is 0 Å². The monoisotopic (exact) mass is 1410 g/mol. The molecule has 0 unspecified atom stereocenters. The molecule has 14 aromatic rings. The molecule has 0 bridgehead atoms. The number of para-hydroxylation sites is 2. The molecular formula is C87H82IrN4O2-2. The van der Waals surface area contributed by atoms with Gasteiger partial charge in [-0.25, -0.2) is 0 Å². The average Bonchev–Trinajstić information content (AvgIpc) is 1.58. The van der Waals surface area contributed by atoms with Gasteiger partial charge in [0.2, 0.25) is 0 Å². The molecule has 4 heterocycles. The van der Waals surface area contributed by atoms with Gasteiger partial charge in [0, 0.05) is 69.9 Å². The van der Waals surface area contributed by atoms with Crippen LogP contribution in [0.5, 0.6) is 0 Å². The molecule has 473 valence electrons. The Balaban J connectivity index is 0.000000173. The van der Waals surface area contributed by atoms with Gasteiger partial charge in [0.15, 0.2) is 5.78 Å². The van der Waals surface area contributed by atoms with E-state index in [1.165, 1.54) is 108 Å². The molecule has 0 aliphatic rings. The maximum Gasteiger partial charge on any atom is 0.155 e. The van der Waals surface area contributed by atoms with Gasteiger partial charge in [0.05, 0.1) is 38.9 Å². The van der Waals surface area contributed by atoms with Crippen molar-refractivity contribution in [3.8, 4) is 56.1 Å². The third-order valence-electron chi connectivity index (χ3n) is 17.7. The summed E-state index contributed by atoms with van der Waals surface area (Å²) in [5.74, 6) is -0.0625. The number of ketones is 1. The van der Waals surface area contributed by atoms with Gasteiger partial charge in [0.25, 0.3) is 0 Å². The molecule has 0 fully saturated rings. The quantitative estimate of drug-likeness (QED) is 0.0980. The van der Waals surface area contributed by atoms with E-state index in [0.717, 1.165) is 55.7 Å². The molecule has 6 nitrogen and oxygen atoms in total. The Morgan fingerprint density at radius 2 is 0.691 bits per heavy atom. The molecule has 0 saturated carbocycles. The number of nitrogens with zero attached hydrogens (tertiary/aromatic N) is 4. The smallest absolute Gasteiger partial charge is 0.155 e. The minimum absolute atomic E-state index is 0. The van der Waals surface area contributed by atoms with Crippen molar-refractivity contribution in [2.45, 2.75) is 119 Å². The number of allylic oxidation sites excluding steroid dienone is 2. The molecule has 10 aromatic carbocycles. The molecule has 0 aliphatic carbocycles. The number of aromatic nitrogens is 4. The fourth-order valence-corrected chi connectivity index (χ4v) is 12.6. The van der Waals surface area contributed by atoms with Gasteiger partial charge in [-0.3, -0.25) is 14.8 Å². The van der Waals surface area contributed by atoms with E-state index >= 15 is 0 Å². The number of aliphatic hydroxyl groups is 1. The first-order chi connectivity index (χ1) is 44.3. The number of pyridine rings is 2. The van der Waals surface area contributed by atoms with Gasteiger partial charge in [-0.15, -0.1) is 71.8 Å². The molecule has 0 aliphatic heterocycles. The maximum atomic E-state index is 10.0. The summed E-state index contributed by atoms with van der Waals surface area (Å²) in [5.41, 5.74) is 23.5. The second-order valence-electron chi connectivity index (χ2n) is 28.8. The molecule has 0 saturated heterocycles. The summed E-state index contributed by atoms with van der Waals surface area (Å²) in [4.78, 5) is 20.0. The zero-order valence-corrected chi connectivity index (χ0v) is 58.9. The Morgan fingerprint density at radius 1 is 0.383 bits per heavy atom. The molecular weight excluding hydrogens is 1330 g/mol. The van der Waals surface area contributed by atoms with Crippen LogP contribution in [-0.4, -0.2) is 30.0 Å². The summed E-state index contributed by atoms with van der Waals surface area (Å²) in [6, 6.07) is 90.0. The van der Waals surface area contributed by atoms with Crippen LogP contribution < -0.4 is 0 Å². The third-order valence-corrected chi connectivity index (χ3v) is 17.7. The molecule has 1 radical (unpaired) electrons. The number of rotatable bonds is 7. The number of hydrogen-bond acceptors (Lipinski definition) is 4. The zero-order valence-electron chi connectivity index (χ0n) is 56.5. The van der Waals surface area contributed by atoms with Gasteiger partial charge < -0.3 is 14.2 Å². The summed E-state index contributed by atoms with van der Waals surface area (Å²) >= 11 is 0. The number of benzene rings is 10. The van der Waals surface area contributed by atoms with E-state index in [2.05, 4.69) is 298 Å². The standard InChI is InChI=1S/2C41H37N2.C5H8O2.Ir/c2*1-40(2,3)29-18-22-38-34(24-29)35-25-30(41(4,5)6)19-23-39(35)43(38)31-20-16-27(17-21-31)33-26-37(28-12-8-7-9-13-28)42-36-15-11-10-14-32(33)36;1-4(6)3-5(2)7;/h2*7-12,14-26H,1-6H3;3,6H,1-2H3;/q2*-1;;/b;;4-3-;. The largest absolute Gasteiger partial charge is 0.512 e. The minimum atomic E-state index is -0.125. The van der Waals surface area contributed by atoms with Gasteiger partial charge >= 0.3 is 0 Å². The van der Waals surface area contributed by atoms with Crippen molar-refractivity contribution in [3.63, 3.8) is 0 Å². The van der Waals surface area contributed by atoms with E-state index in [-0.39, 0.29) is 53.3 Å². The second kappa shape index (κ2) is 26.1. The van der Waals surface area contributed by atoms with Crippen LogP contribution in [0.1, 0.15) is 119 Å². The summed E-state index contributed by atoms with van der Waals surface area (Å²) < 4.78 is 4.84. The topological polar surface area (TPSA) is 72.9 Å². The Bertz CT molecular complexity index is 4680. The number of aliphatic hydroxyl groups excluding tert-OH is 1. The van der Waals surface area contributed by atoms with Crippen LogP contribution in [0.25, 0.3) is 122 Å². The second-order valence-corrected chi connectivity index (χ2v) is 28.8. The minimum Gasteiger partial charge on any atom is -0.512 e. The molecule has 0 atom stereocenters. The van der Waals surface area contributed by atoms with Crippen molar-refractivity contribution in [3.05, 3.63) is 277 Å². The van der Waals surface area contributed by atoms with Gasteiger partial charge in [-0.05, 0) is 176 Å². The van der Waals surface area contributed by atoms with Crippen molar-refractivity contribution < 1.29 is 30.0 Å². The fraction of sp³-hybridized carbons (Fsp3) is 0.207. The summed E-state index contributed by atoms with van der Waals surface area (Å²) in [6.07, 6.45) is 1.17. The van der Waals surface area contributed by atoms with Crippen molar-refractivity contribution >= 4 is 71.2 Å². The van der Waals surface area contributed by atoms with Crippen LogP contribution in [0.15, 0.2) is 242 Å². The molecule has 7 heteroatoms. The molecule has 4 aromatic heterocycles. The Morgan fingerprint density at radius 3 is 0.957 bits per heavy atom. The Hall–Kier alpha value is -9.52. The normalized spacial score (nSPS) is 12.2. The van der Waals surface area contributed by atoms with Gasteiger partial charge in [-0.2, -0.15) is 0 Å².